The number of aliphatic imine (C=N–C) groups is 1. The van der Waals surface area contributed by atoms with E-state index < -0.39 is 0 Å². The van der Waals surface area contributed by atoms with Gasteiger partial charge in [0.25, 0.3) is 0 Å². The molecule has 2 atom stereocenters. The summed E-state index contributed by atoms with van der Waals surface area (Å²) >= 11 is 1.87. The summed E-state index contributed by atoms with van der Waals surface area (Å²) in [6.45, 7) is 6.66. The Balaban J connectivity index is 2.15. The van der Waals surface area contributed by atoms with Gasteiger partial charge in [-0.1, -0.05) is 18.7 Å². The molecule has 0 spiro atoms. The second-order valence-electron chi connectivity index (χ2n) is 4.92. The normalized spacial score (nSPS) is 28.4. The smallest absolute Gasteiger partial charge is 0.156 e. The van der Waals surface area contributed by atoms with Crippen molar-refractivity contribution in [2.75, 3.05) is 32.9 Å². The summed E-state index contributed by atoms with van der Waals surface area (Å²) in [7, 11) is 4.24. The second-order valence-corrected chi connectivity index (χ2v) is 5.93. The quantitative estimate of drug-likeness (QED) is 0.749. The Bertz CT molecular complexity index is 228. The van der Waals surface area contributed by atoms with Gasteiger partial charge >= 0.3 is 0 Å². The highest BCUT2D eigenvalue weighted by Crippen LogP contribution is 2.19. The summed E-state index contributed by atoms with van der Waals surface area (Å²) in [6, 6.07) is 0.571. The summed E-state index contributed by atoms with van der Waals surface area (Å²) in [5, 5.41) is 4.62. The van der Waals surface area contributed by atoms with Gasteiger partial charge in [0.05, 0.1) is 0 Å². The lowest BCUT2D eigenvalue weighted by molar-refractivity contribution is 0.395. The van der Waals surface area contributed by atoms with Crippen LogP contribution in [0.4, 0.5) is 0 Å². The van der Waals surface area contributed by atoms with E-state index in [-0.39, 0.29) is 0 Å². The van der Waals surface area contributed by atoms with Crippen LogP contribution in [0, 0.1) is 5.92 Å². The van der Waals surface area contributed by atoms with E-state index in [2.05, 4.69) is 43.2 Å². The molecule has 1 rings (SSSR count). The van der Waals surface area contributed by atoms with Crippen LogP contribution in [-0.2, 0) is 0 Å². The first-order valence-electron chi connectivity index (χ1n) is 6.18. The van der Waals surface area contributed by atoms with Crippen molar-refractivity contribution in [3.05, 3.63) is 0 Å². The SMILES string of the molecule is CC1CSC(=NCCCCN(C)C)NC1C. The highest BCUT2D eigenvalue weighted by atomic mass is 32.2. The molecule has 0 bridgehead atoms. The van der Waals surface area contributed by atoms with Crippen LogP contribution in [0.5, 0.6) is 0 Å². The minimum Gasteiger partial charge on any atom is -0.362 e. The maximum absolute atomic E-state index is 4.61. The molecule has 3 nitrogen and oxygen atoms in total. The van der Waals surface area contributed by atoms with E-state index >= 15 is 0 Å². The number of hydrogen-bond acceptors (Lipinski definition) is 3. The van der Waals surface area contributed by atoms with E-state index in [9.17, 15) is 0 Å². The lowest BCUT2D eigenvalue weighted by Crippen LogP contribution is -2.41. The van der Waals surface area contributed by atoms with Crippen molar-refractivity contribution < 1.29 is 0 Å². The van der Waals surface area contributed by atoms with Crippen molar-refractivity contribution in [3.8, 4) is 0 Å². The molecule has 2 unspecified atom stereocenters. The third kappa shape index (κ3) is 5.21. The molecule has 1 aliphatic rings. The number of thioether (sulfide) groups is 1. The molecule has 0 aliphatic carbocycles. The zero-order valence-corrected chi connectivity index (χ0v) is 11.8. The van der Waals surface area contributed by atoms with Crippen LogP contribution in [0.1, 0.15) is 26.7 Å². The van der Waals surface area contributed by atoms with Gasteiger partial charge in [0.15, 0.2) is 5.17 Å². The average Bonchev–Trinajstić information content (AvgIpc) is 2.22. The highest BCUT2D eigenvalue weighted by molar-refractivity contribution is 8.13. The van der Waals surface area contributed by atoms with Gasteiger partial charge in [0, 0.05) is 18.3 Å². The van der Waals surface area contributed by atoms with Crippen LogP contribution in [-0.4, -0.2) is 49.0 Å². The van der Waals surface area contributed by atoms with Gasteiger partial charge < -0.3 is 10.2 Å². The van der Waals surface area contributed by atoms with E-state index in [4.69, 9.17) is 0 Å². The maximum Gasteiger partial charge on any atom is 0.156 e. The van der Waals surface area contributed by atoms with Crippen LogP contribution in [0.25, 0.3) is 0 Å². The Morgan fingerprint density at radius 2 is 2.12 bits per heavy atom. The standard InChI is InChI=1S/C12H25N3S/c1-10-9-16-12(14-11(10)2)13-7-5-6-8-15(3)4/h10-11H,5-9H2,1-4H3,(H,13,14). The van der Waals surface area contributed by atoms with E-state index in [1.54, 1.807) is 0 Å². The Morgan fingerprint density at radius 3 is 2.75 bits per heavy atom. The summed E-state index contributed by atoms with van der Waals surface area (Å²) in [6.07, 6.45) is 2.42. The number of hydrogen-bond donors (Lipinski definition) is 1. The van der Waals surface area contributed by atoms with Crippen molar-refractivity contribution in [2.45, 2.75) is 32.7 Å². The molecular weight excluding hydrogens is 218 g/mol. The molecule has 1 aliphatic heterocycles. The lowest BCUT2D eigenvalue weighted by Gasteiger charge is -2.28. The fourth-order valence-corrected chi connectivity index (χ4v) is 2.71. The summed E-state index contributed by atoms with van der Waals surface area (Å²) in [5.41, 5.74) is 0. The second kappa shape index (κ2) is 7.17. The van der Waals surface area contributed by atoms with Gasteiger partial charge in [0.1, 0.15) is 0 Å². The first kappa shape index (κ1) is 13.8. The van der Waals surface area contributed by atoms with E-state index in [1.165, 1.54) is 25.1 Å². The fourth-order valence-electron chi connectivity index (χ4n) is 1.55. The van der Waals surface area contributed by atoms with E-state index in [0.29, 0.717) is 6.04 Å². The molecule has 0 aromatic rings. The molecule has 0 aromatic heterocycles. The monoisotopic (exact) mass is 243 g/mol. The molecular formula is C12H25N3S. The summed E-state index contributed by atoms with van der Waals surface area (Å²) < 4.78 is 0. The van der Waals surface area contributed by atoms with Crippen LogP contribution in [0.15, 0.2) is 4.99 Å². The number of unbranched alkanes of at least 4 members (excludes halogenated alkanes) is 1. The third-order valence-corrected chi connectivity index (χ3v) is 4.17. The van der Waals surface area contributed by atoms with Gasteiger partial charge in [-0.25, -0.2) is 0 Å². The van der Waals surface area contributed by atoms with E-state index in [1.807, 2.05) is 11.8 Å². The average molecular weight is 243 g/mol. The predicted octanol–water partition coefficient (Wildman–Crippen LogP) is 2.05. The van der Waals surface area contributed by atoms with Crippen LogP contribution < -0.4 is 5.32 Å². The molecule has 94 valence electrons. The molecule has 1 N–H and O–H groups in total. The zero-order valence-electron chi connectivity index (χ0n) is 11.0. The molecule has 0 saturated carbocycles. The molecule has 0 amide bonds. The molecule has 0 aromatic carbocycles. The molecule has 0 radical (unpaired) electrons. The largest absolute Gasteiger partial charge is 0.362 e. The summed E-state index contributed by atoms with van der Waals surface area (Å²) in [5.74, 6) is 1.95. The maximum atomic E-state index is 4.61. The number of amidine groups is 1. The first-order chi connectivity index (χ1) is 7.59. The predicted molar refractivity (Wildman–Crippen MR) is 74.3 cm³/mol. The third-order valence-electron chi connectivity index (χ3n) is 2.96. The van der Waals surface area contributed by atoms with Crippen LogP contribution in [0.2, 0.25) is 0 Å². The van der Waals surface area contributed by atoms with Crippen molar-refractivity contribution in [1.82, 2.24) is 10.2 Å². The number of nitrogens with one attached hydrogen (secondary N) is 1. The Kier molecular flexibility index (Phi) is 6.21. The first-order valence-corrected chi connectivity index (χ1v) is 7.16. The van der Waals surface area contributed by atoms with Crippen molar-refractivity contribution in [2.24, 2.45) is 10.9 Å². The molecule has 1 heterocycles. The van der Waals surface area contributed by atoms with Gasteiger partial charge in [-0.2, -0.15) is 0 Å². The highest BCUT2D eigenvalue weighted by Gasteiger charge is 2.20. The van der Waals surface area contributed by atoms with Gasteiger partial charge in [-0.05, 0) is 46.3 Å². The van der Waals surface area contributed by atoms with Crippen molar-refractivity contribution in [1.29, 1.82) is 0 Å². The number of nitrogens with zero attached hydrogens (tertiary/aromatic N) is 2. The van der Waals surface area contributed by atoms with Crippen molar-refractivity contribution >= 4 is 16.9 Å². The molecule has 16 heavy (non-hydrogen) atoms. The fraction of sp³-hybridized carbons (Fsp3) is 0.917. The topological polar surface area (TPSA) is 27.6 Å². The molecule has 1 saturated heterocycles. The molecule has 4 heteroatoms. The Labute approximate surface area is 104 Å². The van der Waals surface area contributed by atoms with E-state index in [0.717, 1.165) is 17.6 Å². The minimum absolute atomic E-state index is 0.571. The van der Waals surface area contributed by atoms with Gasteiger partial charge in [-0.15, -0.1) is 0 Å². The minimum atomic E-state index is 0.571. The van der Waals surface area contributed by atoms with Gasteiger partial charge in [-0.3, -0.25) is 4.99 Å². The Morgan fingerprint density at radius 1 is 1.38 bits per heavy atom. The zero-order chi connectivity index (χ0) is 12.0. The molecule has 1 fully saturated rings. The van der Waals surface area contributed by atoms with Crippen LogP contribution >= 0.6 is 11.8 Å². The summed E-state index contributed by atoms with van der Waals surface area (Å²) in [4.78, 5) is 6.84. The Hall–Kier alpha value is -0.220. The number of rotatable bonds is 5. The van der Waals surface area contributed by atoms with Crippen LogP contribution in [0.3, 0.4) is 0 Å². The lowest BCUT2D eigenvalue weighted by atomic mass is 10.1. The van der Waals surface area contributed by atoms with Crippen molar-refractivity contribution in [3.63, 3.8) is 0 Å². The van der Waals surface area contributed by atoms with Gasteiger partial charge in [0.2, 0.25) is 0 Å².